The van der Waals surface area contributed by atoms with Gasteiger partial charge in [0.25, 0.3) is 0 Å². The molecule has 0 radical (unpaired) electrons. The Hall–Kier alpha value is -1.96. The first-order chi connectivity index (χ1) is 6.86. The number of hydrogen-bond donors (Lipinski definition) is 1. The van der Waals surface area contributed by atoms with Crippen molar-refractivity contribution >= 4 is 21.7 Å². The average Bonchev–Trinajstić information content (AvgIpc) is 2.66. The number of phenols is 1. The number of furan rings is 1. The van der Waals surface area contributed by atoms with Gasteiger partial charge in [-0.05, 0) is 17.5 Å². The predicted octanol–water partition coefficient (Wildman–Crippen LogP) is 3.29. The van der Waals surface area contributed by atoms with Crippen LogP contribution in [0.3, 0.4) is 0 Å². The van der Waals surface area contributed by atoms with Crippen LogP contribution in [0, 0.1) is 0 Å². The lowest BCUT2D eigenvalue weighted by Gasteiger charge is -2.00. The molecule has 0 fully saturated rings. The maximum atomic E-state index is 9.94. The van der Waals surface area contributed by atoms with Crippen LogP contribution in [0.1, 0.15) is 0 Å². The van der Waals surface area contributed by atoms with Gasteiger partial charge in [-0.1, -0.05) is 24.3 Å². The van der Waals surface area contributed by atoms with Gasteiger partial charge in [0.1, 0.15) is 11.3 Å². The van der Waals surface area contributed by atoms with E-state index >= 15 is 0 Å². The Morgan fingerprint density at radius 3 is 2.79 bits per heavy atom. The topological polar surface area (TPSA) is 33.4 Å². The molecular weight excluding hydrogens is 176 g/mol. The summed E-state index contributed by atoms with van der Waals surface area (Å²) in [5.74, 6) is 0.298. The van der Waals surface area contributed by atoms with E-state index in [1.165, 1.54) is 0 Å². The van der Waals surface area contributed by atoms with Gasteiger partial charge in [-0.25, -0.2) is 0 Å². The standard InChI is InChI=1S/C12H8O2/c13-12-9-4-2-1-3-8(9)7-11-10(12)5-6-14-11/h1-7,13H. The Kier molecular flexibility index (Phi) is 1.34. The Balaban J connectivity index is 2.63. The highest BCUT2D eigenvalue weighted by atomic mass is 16.3. The molecule has 1 heterocycles. The van der Waals surface area contributed by atoms with Gasteiger partial charge in [-0.2, -0.15) is 0 Å². The third-order valence-electron chi connectivity index (χ3n) is 2.45. The smallest absolute Gasteiger partial charge is 0.138 e. The summed E-state index contributed by atoms with van der Waals surface area (Å²) in [6.45, 7) is 0. The average molecular weight is 184 g/mol. The van der Waals surface area contributed by atoms with Crippen LogP contribution >= 0.6 is 0 Å². The summed E-state index contributed by atoms with van der Waals surface area (Å²) < 4.78 is 5.25. The number of benzene rings is 2. The number of phenolic OH excluding ortho intramolecular Hbond substituents is 1. The number of rotatable bonds is 0. The molecule has 2 heteroatoms. The quantitative estimate of drug-likeness (QED) is 0.581. The number of aromatic hydroxyl groups is 1. The van der Waals surface area contributed by atoms with Gasteiger partial charge in [0.15, 0.2) is 0 Å². The number of fused-ring (bicyclic) bond motifs is 2. The van der Waals surface area contributed by atoms with Crippen molar-refractivity contribution in [3.63, 3.8) is 0 Å². The number of hydrogen-bond acceptors (Lipinski definition) is 2. The van der Waals surface area contributed by atoms with E-state index in [4.69, 9.17) is 4.42 Å². The van der Waals surface area contributed by atoms with E-state index in [9.17, 15) is 5.11 Å². The van der Waals surface area contributed by atoms with E-state index < -0.39 is 0 Å². The SMILES string of the molecule is Oc1c2ccccc2cc2occc12. The molecule has 0 aliphatic rings. The fourth-order valence-electron chi connectivity index (χ4n) is 1.75. The van der Waals surface area contributed by atoms with Gasteiger partial charge >= 0.3 is 0 Å². The van der Waals surface area contributed by atoms with E-state index in [-0.39, 0.29) is 0 Å². The fourth-order valence-corrected chi connectivity index (χ4v) is 1.75. The highest BCUT2D eigenvalue weighted by Gasteiger charge is 2.07. The van der Waals surface area contributed by atoms with Crippen molar-refractivity contribution in [2.75, 3.05) is 0 Å². The molecule has 0 saturated heterocycles. The van der Waals surface area contributed by atoms with E-state index in [0.717, 1.165) is 21.7 Å². The van der Waals surface area contributed by atoms with Gasteiger partial charge < -0.3 is 9.52 Å². The van der Waals surface area contributed by atoms with Crippen molar-refractivity contribution in [1.82, 2.24) is 0 Å². The lowest BCUT2D eigenvalue weighted by atomic mass is 10.1. The third kappa shape index (κ3) is 0.852. The van der Waals surface area contributed by atoms with Crippen LogP contribution < -0.4 is 0 Å². The zero-order valence-corrected chi connectivity index (χ0v) is 7.40. The lowest BCUT2D eigenvalue weighted by Crippen LogP contribution is -1.74. The minimum Gasteiger partial charge on any atom is -0.507 e. The molecule has 0 aliphatic carbocycles. The molecule has 2 nitrogen and oxygen atoms in total. The maximum Gasteiger partial charge on any atom is 0.138 e. The van der Waals surface area contributed by atoms with Crippen molar-refractivity contribution in [3.8, 4) is 5.75 Å². The van der Waals surface area contributed by atoms with Crippen molar-refractivity contribution in [1.29, 1.82) is 0 Å². The normalized spacial score (nSPS) is 11.1. The Bertz CT molecular complexity index is 608. The van der Waals surface area contributed by atoms with Gasteiger partial charge in [0.2, 0.25) is 0 Å². The molecule has 0 amide bonds. The van der Waals surface area contributed by atoms with Gasteiger partial charge in [-0.15, -0.1) is 0 Å². The van der Waals surface area contributed by atoms with Gasteiger partial charge in [-0.3, -0.25) is 0 Å². The third-order valence-corrected chi connectivity index (χ3v) is 2.45. The molecular formula is C12H8O2. The summed E-state index contributed by atoms with van der Waals surface area (Å²) in [7, 11) is 0. The molecule has 1 aromatic heterocycles. The van der Waals surface area contributed by atoms with Gasteiger partial charge in [0, 0.05) is 5.39 Å². The molecule has 1 N–H and O–H groups in total. The fraction of sp³-hybridized carbons (Fsp3) is 0. The molecule has 0 unspecified atom stereocenters. The Labute approximate surface area is 80.4 Å². The predicted molar refractivity (Wildman–Crippen MR) is 55.4 cm³/mol. The second-order valence-electron chi connectivity index (χ2n) is 3.28. The molecule has 0 bridgehead atoms. The van der Waals surface area contributed by atoms with E-state index in [0.29, 0.717) is 5.75 Å². The second-order valence-corrected chi connectivity index (χ2v) is 3.28. The summed E-state index contributed by atoms with van der Waals surface area (Å²) >= 11 is 0. The highest BCUT2D eigenvalue weighted by molar-refractivity contribution is 6.02. The minimum atomic E-state index is 0.298. The monoisotopic (exact) mass is 184 g/mol. The summed E-state index contributed by atoms with van der Waals surface area (Å²) in [6.07, 6.45) is 1.59. The Morgan fingerprint density at radius 2 is 1.86 bits per heavy atom. The van der Waals surface area contributed by atoms with Crippen LogP contribution in [0.15, 0.2) is 47.1 Å². The molecule has 3 aromatic rings. The van der Waals surface area contributed by atoms with Crippen molar-refractivity contribution in [3.05, 3.63) is 42.7 Å². The van der Waals surface area contributed by atoms with Crippen molar-refractivity contribution in [2.45, 2.75) is 0 Å². The molecule has 0 spiro atoms. The second kappa shape index (κ2) is 2.51. The minimum absolute atomic E-state index is 0.298. The van der Waals surface area contributed by atoms with Crippen LogP contribution in [0.4, 0.5) is 0 Å². The molecule has 3 rings (SSSR count). The van der Waals surface area contributed by atoms with E-state index in [1.807, 2.05) is 30.3 Å². The van der Waals surface area contributed by atoms with Crippen LogP contribution in [-0.4, -0.2) is 5.11 Å². The first-order valence-corrected chi connectivity index (χ1v) is 4.44. The zero-order chi connectivity index (χ0) is 9.54. The van der Waals surface area contributed by atoms with Gasteiger partial charge in [0.05, 0.1) is 11.6 Å². The molecule has 0 saturated carbocycles. The molecule has 0 aliphatic heterocycles. The summed E-state index contributed by atoms with van der Waals surface area (Å²) in [6, 6.07) is 11.4. The molecule has 68 valence electrons. The molecule has 14 heavy (non-hydrogen) atoms. The van der Waals surface area contributed by atoms with E-state index in [1.54, 1.807) is 12.3 Å². The van der Waals surface area contributed by atoms with Crippen LogP contribution in [0.5, 0.6) is 5.75 Å². The molecule has 2 aromatic carbocycles. The van der Waals surface area contributed by atoms with Crippen LogP contribution in [0.2, 0.25) is 0 Å². The van der Waals surface area contributed by atoms with Crippen LogP contribution in [-0.2, 0) is 0 Å². The van der Waals surface area contributed by atoms with Crippen molar-refractivity contribution in [2.24, 2.45) is 0 Å². The van der Waals surface area contributed by atoms with E-state index in [2.05, 4.69) is 0 Å². The van der Waals surface area contributed by atoms with Crippen molar-refractivity contribution < 1.29 is 9.52 Å². The highest BCUT2D eigenvalue weighted by Crippen LogP contribution is 2.33. The summed E-state index contributed by atoms with van der Waals surface area (Å²) in [5.41, 5.74) is 0.723. The Morgan fingerprint density at radius 1 is 1.00 bits per heavy atom. The zero-order valence-electron chi connectivity index (χ0n) is 7.40. The first kappa shape index (κ1) is 7.44. The first-order valence-electron chi connectivity index (χ1n) is 4.44. The molecule has 0 atom stereocenters. The summed E-state index contributed by atoms with van der Waals surface area (Å²) in [4.78, 5) is 0. The summed E-state index contributed by atoms with van der Waals surface area (Å²) in [5, 5.41) is 12.6. The largest absolute Gasteiger partial charge is 0.507 e. The lowest BCUT2D eigenvalue weighted by molar-refractivity contribution is 0.487. The van der Waals surface area contributed by atoms with Crippen LogP contribution in [0.25, 0.3) is 21.7 Å². The maximum absolute atomic E-state index is 9.94.